The maximum atomic E-state index is 14.4. The zero-order valence-corrected chi connectivity index (χ0v) is 14.0. The van der Waals surface area contributed by atoms with Gasteiger partial charge in [-0.3, -0.25) is 9.79 Å². The van der Waals surface area contributed by atoms with Crippen molar-refractivity contribution in [1.82, 2.24) is 9.55 Å². The van der Waals surface area contributed by atoms with Gasteiger partial charge in [0.2, 0.25) is 5.72 Å². The molecule has 2 aromatic rings. The molecule has 0 bridgehead atoms. The molecule has 1 aliphatic rings. The summed E-state index contributed by atoms with van der Waals surface area (Å²) in [6.07, 6.45) is 6.68. The van der Waals surface area contributed by atoms with Crippen LogP contribution >= 0.6 is 0 Å². The van der Waals surface area contributed by atoms with E-state index < -0.39 is 17.6 Å². The van der Waals surface area contributed by atoms with Crippen LogP contribution in [0.2, 0.25) is 0 Å². The standard InChI is InChI=1S/C19H20FN3O2/c1-3-8-19(25,22-9-4-2)17(24)10-15-18-13(6-5-7-14(18)20)16-11-21-12-23(15)16/h4-7,9,11-12,15,25H,2-3,8,10H2,1H3/b22-9-. The summed E-state index contributed by atoms with van der Waals surface area (Å²) < 4.78 is 16.2. The summed E-state index contributed by atoms with van der Waals surface area (Å²) in [5, 5.41) is 10.7. The van der Waals surface area contributed by atoms with Crippen LogP contribution in [0.3, 0.4) is 0 Å². The predicted molar refractivity (Wildman–Crippen MR) is 93.9 cm³/mol. The van der Waals surface area contributed by atoms with E-state index in [1.165, 1.54) is 18.4 Å². The lowest BCUT2D eigenvalue weighted by Gasteiger charge is -2.24. The fourth-order valence-electron chi connectivity index (χ4n) is 3.34. The number of aliphatic hydroxyl groups is 1. The Balaban J connectivity index is 1.97. The van der Waals surface area contributed by atoms with E-state index in [0.29, 0.717) is 12.0 Å². The van der Waals surface area contributed by atoms with Crippen LogP contribution in [0.25, 0.3) is 11.3 Å². The topological polar surface area (TPSA) is 67.5 Å². The molecular formula is C19H20FN3O2. The van der Waals surface area contributed by atoms with Gasteiger partial charge >= 0.3 is 0 Å². The molecule has 1 aliphatic heterocycles. The average Bonchev–Trinajstić information content (AvgIpc) is 3.17. The second kappa shape index (κ2) is 6.72. The highest BCUT2D eigenvalue weighted by atomic mass is 19.1. The number of benzene rings is 1. The van der Waals surface area contributed by atoms with Crippen molar-refractivity contribution in [2.24, 2.45) is 4.99 Å². The number of nitrogens with zero attached hydrogens (tertiary/aromatic N) is 3. The Kier molecular flexibility index (Phi) is 4.63. The van der Waals surface area contributed by atoms with Crippen LogP contribution in [0, 0.1) is 5.82 Å². The number of halogens is 1. The molecule has 2 unspecified atom stereocenters. The van der Waals surface area contributed by atoms with Gasteiger partial charge in [0.15, 0.2) is 5.78 Å². The molecule has 3 rings (SSSR count). The number of Topliss-reactive ketones (excluding diaryl/α,β-unsaturated/α-hetero) is 1. The summed E-state index contributed by atoms with van der Waals surface area (Å²) in [7, 11) is 0. The first-order valence-corrected chi connectivity index (χ1v) is 8.24. The van der Waals surface area contributed by atoms with E-state index in [1.807, 2.05) is 13.0 Å². The van der Waals surface area contributed by atoms with Gasteiger partial charge in [0.1, 0.15) is 5.82 Å². The second-order valence-electron chi connectivity index (χ2n) is 6.11. The van der Waals surface area contributed by atoms with E-state index in [4.69, 9.17) is 0 Å². The molecule has 0 saturated heterocycles. The van der Waals surface area contributed by atoms with Crippen molar-refractivity contribution >= 4 is 12.0 Å². The molecule has 25 heavy (non-hydrogen) atoms. The van der Waals surface area contributed by atoms with Crippen LogP contribution in [0.15, 0.2) is 48.4 Å². The Hall–Kier alpha value is -2.60. The molecule has 2 atom stereocenters. The number of carbonyl (C=O) groups is 1. The molecule has 0 spiro atoms. The minimum absolute atomic E-state index is 0.0672. The molecule has 1 aromatic heterocycles. The van der Waals surface area contributed by atoms with Crippen LogP contribution in [0.1, 0.15) is 37.8 Å². The van der Waals surface area contributed by atoms with Gasteiger partial charge in [-0.15, -0.1) is 0 Å². The number of carbonyl (C=O) groups excluding carboxylic acids is 1. The van der Waals surface area contributed by atoms with Crippen LogP contribution in [-0.2, 0) is 4.79 Å². The predicted octanol–water partition coefficient (Wildman–Crippen LogP) is 3.30. The van der Waals surface area contributed by atoms with Gasteiger partial charge in [-0.25, -0.2) is 9.37 Å². The smallest absolute Gasteiger partial charge is 0.215 e. The third kappa shape index (κ3) is 2.93. The lowest BCUT2D eigenvalue weighted by atomic mass is 9.93. The van der Waals surface area contributed by atoms with Crippen molar-refractivity contribution in [3.05, 3.63) is 54.8 Å². The largest absolute Gasteiger partial charge is 0.363 e. The van der Waals surface area contributed by atoms with E-state index >= 15 is 0 Å². The van der Waals surface area contributed by atoms with Crippen LogP contribution < -0.4 is 0 Å². The Bertz CT molecular complexity index is 843. The minimum Gasteiger partial charge on any atom is -0.363 e. The van der Waals surface area contributed by atoms with Gasteiger partial charge in [-0.1, -0.05) is 38.1 Å². The van der Waals surface area contributed by atoms with Crippen molar-refractivity contribution in [3.8, 4) is 11.3 Å². The number of aromatic nitrogens is 2. The normalized spacial score (nSPS) is 18.0. The van der Waals surface area contributed by atoms with E-state index in [-0.39, 0.29) is 18.7 Å². The fourth-order valence-corrected chi connectivity index (χ4v) is 3.34. The van der Waals surface area contributed by atoms with Gasteiger partial charge in [-0.2, -0.15) is 0 Å². The van der Waals surface area contributed by atoms with Crippen molar-refractivity contribution in [2.45, 2.75) is 38.0 Å². The highest BCUT2D eigenvalue weighted by Crippen LogP contribution is 2.43. The molecule has 0 amide bonds. The third-order valence-electron chi connectivity index (χ3n) is 4.48. The Morgan fingerprint density at radius 1 is 1.56 bits per heavy atom. The maximum Gasteiger partial charge on any atom is 0.215 e. The summed E-state index contributed by atoms with van der Waals surface area (Å²) in [6, 6.07) is 4.29. The molecule has 130 valence electrons. The molecule has 0 saturated carbocycles. The van der Waals surface area contributed by atoms with Crippen molar-refractivity contribution in [3.63, 3.8) is 0 Å². The quantitative estimate of drug-likeness (QED) is 0.786. The number of hydrogen-bond acceptors (Lipinski definition) is 4. The van der Waals surface area contributed by atoms with Crippen LogP contribution in [0.5, 0.6) is 0 Å². The second-order valence-corrected chi connectivity index (χ2v) is 6.11. The van der Waals surface area contributed by atoms with Crippen molar-refractivity contribution < 1.29 is 14.3 Å². The Morgan fingerprint density at radius 3 is 3.08 bits per heavy atom. The Morgan fingerprint density at radius 2 is 2.36 bits per heavy atom. The van der Waals surface area contributed by atoms with Crippen molar-refractivity contribution in [1.29, 1.82) is 0 Å². The van der Waals surface area contributed by atoms with Crippen LogP contribution in [0.4, 0.5) is 4.39 Å². The fraction of sp³-hybridized carbons (Fsp3) is 0.316. The lowest BCUT2D eigenvalue weighted by Crippen LogP contribution is -2.38. The molecule has 5 nitrogen and oxygen atoms in total. The highest BCUT2D eigenvalue weighted by Gasteiger charge is 2.39. The molecular weight excluding hydrogens is 321 g/mol. The first-order chi connectivity index (χ1) is 12.0. The zero-order chi connectivity index (χ0) is 18.0. The average molecular weight is 341 g/mol. The van der Waals surface area contributed by atoms with E-state index in [2.05, 4.69) is 16.6 Å². The molecule has 6 heteroatoms. The van der Waals surface area contributed by atoms with Gasteiger partial charge < -0.3 is 9.67 Å². The van der Waals surface area contributed by atoms with E-state index in [9.17, 15) is 14.3 Å². The molecule has 2 heterocycles. The molecule has 1 N–H and O–H groups in total. The number of ketones is 1. The minimum atomic E-state index is -1.82. The lowest BCUT2D eigenvalue weighted by molar-refractivity contribution is -0.137. The summed E-state index contributed by atoms with van der Waals surface area (Å²) >= 11 is 0. The molecule has 0 aliphatic carbocycles. The van der Waals surface area contributed by atoms with Crippen LogP contribution in [-0.4, -0.2) is 32.4 Å². The monoisotopic (exact) mass is 341 g/mol. The zero-order valence-electron chi connectivity index (χ0n) is 14.0. The van der Waals surface area contributed by atoms with Gasteiger partial charge in [-0.05, 0) is 6.07 Å². The SMILES string of the molecule is C=C/C=N\C(O)(CCC)C(=O)CC1c2c(F)cccc2-c2cncn21. The number of rotatable bonds is 7. The summed E-state index contributed by atoms with van der Waals surface area (Å²) in [4.78, 5) is 20.9. The summed E-state index contributed by atoms with van der Waals surface area (Å²) in [5.41, 5.74) is 0.127. The maximum absolute atomic E-state index is 14.4. The third-order valence-corrected chi connectivity index (χ3v) is 4.48. The number of fused-ring (bicyclic) bond motifs is 3. The number of hydrogen-bond donors (Lipinski definition) is 1. The van der Waals surface area contributed by atoms with Crippen molar-refractivity contribution in [2.75, 3.05) is 0 Å². The highest BCUT2D eigenvalue weighted by molar-refractivity contribution is 5.90. The molecule has 1 aromatic carbocycles. The van der Waals surface area contributed by atoms with E-state index in [1.54, 1.807) is 23.2 Å². The number of aliphatic imine (C=N–C) groups is 1. The first kappa shape index (κ1) is 17.2. The van der Waals surface area contributed by atoms with Gasteiger partial charge in [0.25, 0.3) is 0 Å². The first-order valence-electron chi connectivity index (χ1n) is 8.24. The molecule has 0 radical (unpaired) electrons. The van der Waals surface area contributed by atoms with Gasteiger partial charge in [0, 0.05) is 30.2 Å². The van der Waals surface area contributed by atoms with E-state index in [0.717, 1.165) is 11.3 Å². The molecule has 0 fully saturated rings. The summed E-state index contributed by atoms with van der Waals surface area (Å²) in [5.74, 6) is -0.819. The number of imidazole rings is 1. The Labute approximate surface area is 145 Å². The van der Waals surface area contributed by atoms with Gasteiger partial charge in [0.05, 0.1) is 24.3 Å². The summed E-state index contributed by atoms with van der Waals surface area (Å²) in [6.45, 7) is 5.38. The number of allylic oxidation sites excluding steroid dienone is 1.